The lowest BCUT2D eigenvalue weighted by molar-refractivity contribution is 0.194. The summed E-state index contributed by atoms with van der Waals surface area (Å²) < 4.78 is 11.4. The molecule has 1 fully saturated rings. The maximum atomic E-state index is 5.84. The van der Waals surface area contributed by atoms with Gasteiger partial charge in [-0.3, -0.25) is 4.90 Å². The summed E-state index contributed by atoms with van der Waals surface area (Å²) in [4.78, 5) is 4.13. The third kappa shape index (κ3) is 4.77. The highest BCUT2D eigenvalue weighted by atomic mass is 32.1. The predicted octanol–water partition coefficient (Wildman–Crippen LogP) is 5.66. The van der Waals surface area contributed by atoms with E-state index in [1.807, 2.05) is 31.3 Å². The molecule has 0 spiro atoms. The first-order chi connectivity index (χ1) is 12.2. The Morgan fingerprint density at radius 3 is 2.76 bits per heavy atom. The van der Waals surface area contributed by atoms with Crippen molar-refractivity contribution in [3.63, 3.8) is 0 Å². The minimum absolute atomic E-state index is 0.147. The molecule has 1 aromatic heterocycles. The Morgan fingerprint density at radius 2 is 2.04 bits per heavy atom. The highest BCUT2D eigenvalue weighted by Crippen LogP contribution is 2.35. The molecule has 1 atom stereocenters. The molecule has 3 rings (SSSR count). The fourth-order valence-corrected chi connectivity index (χ4v) is 4.45. The maximum absolute atomic E-state index is 5.84. The zero-order valence-corrected chi connectivity index (χ0v) is 16.3. The molecule has 1 aliphatic rings. The monoisotopic (exact) mass is 359 g/mol. The summed E-state index contributed by atoms with van der Waals surface area (Å²) in [5.74, 6) is 1.65. The average Bonchev–Trinajstić information content (AvgIpc) is 3.03. The summed E-state index contributed by atoms with van der Waals surface area (Å²) in [7, 11) is 1.71. The number of ether oxygens (including phenoxy) is 2. The molecule has 0 amide bonds. The van der Waals surface area contributed by atoms with E-state index in [9.17, 15) is 0 Å². The first kappa shape index (κ1) is 18.3. The van der Waals surface area contributed by atoms with Crippen LogP contribution in [0.2, 0.25) is 0 Å². The minimum Gasteiger partial charge on any atom is -0.493 e. The van der Waals surface area contributed by atoms with Gasteiger partial charge in [-0.05, 0) is 62.4 Å². The Morgan fingerprint density at radius 1 is 1.16 bits per heavy atom. The quantitative estimate of drug-likeness (QED) is 0.664. The maximum Gasteiger partial charge on any atom is 0.161 e. The van der Waals surface area contributed by atoms with Gasteiger partial charge in [-0.2, -0.15) is 0 Å². The van der Waals surface area contributed by atoms with Crippen molar-refractivity contribution in [1.29, 1.82) is 0 Å². The molecule has 1 unspecified atom stereocenters. The molecule has 1 saturated heterocycles. The van der Waals surface area contributed by atoms with Crippen molar-refractivity contribution in [3.05, 3.63) is 46.2 Å². The van der Waals surface area contributed by atoms with Crippen molar-refractivity contribution in [2.45, 2.75) is 58.2 Å². The van der Waals surface area contributed by atoms with E-state index >= 15 is 0 Å². The fourth-order valence-electron chi connectivity index (χ4n) is 3.56. The summed E-state index contributed by atoms with van der Waals surface area (Å²) in [5, 5.41) is 2.19. The van der Waals surface area contributed by atoms with Gasteiger partial charge in [0.25, 0.3) is 0 Å². The number of nitrogens with zero attached hydrogens (tertiary/aromatic N) is 1. The number of hydrogen-bond acceptors (Lipinski definition) is 4. The van der Waals surface area contributed by atoms with Crippen LogP contribution in [-0.4, -0.2) is 24.7 Å². The zero-order chi connectivity index (χ0) is 17.6. The van der Waals surface area contributed by atoms with E-state index in [1.165, 1.54) is 36.1 Å². The molecular formula is C21H29NO2S. The summed E-state index contributed by atoms with van der Waals surface area (Å²) in [6, 6.07) is 11.4. The van der Waals surface area contributed by atoms with Gasteiger partial charge in [0, 0.05) is 17.5 Å². The van der Waals surface area contributed by atoms with Crippen molar-refractivity contribution in [1.82, 2.24) is 4.90 Å². The van der Waals surface area contributed by atoms with Crippen LogP contribution in [0.15, 0.2) is 35.7 Å². The van der Waals surface area contributed by atoms with Crippen molar-refractivity contribution < 1.29 is 9.47 Å². The molecule has 4 heteroatoms. The lowest BCUT2D eigenvalue weighted by Gasteiger charge is -2.29. The second-order valence-corrected chi connectivity index (χ2v) is 7.98. The summed E-state index contributed by atoms with van der Waals surface area (Å²) in [5.41, 5.74) is 1.29. The van der Waals surface area contributed by atoms with Gasteiger partial charge in [-0.15, -0.1) is 11.3 Å². The van der Waals surface area contributed by atoms with Gasteiger partial charge in [0.05, 0.1) is 13.2 Å². The number of thiophene rings is 1. The number of methoxy groups -OCH3 is 1. The highest BCUT2D eigenvalue weighted by Gasteiger charge is 2.23. The van der Waals surface area contributed by atoms with Gasteiger partial charge < -0.3 is 9.47 Å². The van der Waals surface area contributed by atoms with Crippen molar-refractivity contribution in [2.75, 3.05) is 13.7 Å². The molecule has 2 aromatic rings. The molecule has 0 saturated carbocycles. The molecule has 136 valence electrons. The minimum atomic E-state index is 0.147. The second kappa shape index (κ2) is 8.72. The normalized spacial score (nSPS) is 19.0. The molecule has 0 N–H and O–H groups in total. The van der Waals surface area contributed by atoms with Gasteiger partial charge in [-0.1, -0.05) is 25.0 Å². The van der Waals surface area contributed by atoms with Crippen LogP contribution in [0.3, 0.4) is 0 Å². The molecule has 2 heterocycles. The topological polar surface area (TPSA) is 21.7 Å². The van der Waals surface area contributed by atoms with E-state index < -0.39 is 0 Å². The summed E-state index contributed by atoms with van der Waals surface area (Å²) >= 11 is 1.88. The van der Waals surface area contributed by atoms with Gasteiger partial charge in [0.15, 0.2) is 11.5 Å². The molecule has 0 bridgehead atoms. The SMILES string of the molecule is COc1cc(CN2CCCCCC2c2cccs2)ccc1OC(C)C. The second-order valence-electron chi connectivity index (χ2n) is 7.00. The van der Waals surface area contributed by atoms with E-state index in [-0.39, 0.29) is 6.10 Å². The van der Waals surface area contributed by atoms with E-state index in [2.05, 4.69) is 34.5 Å². The Kier molecular flexibility index (Phi) is 6.38. The number of likely N-dealkylation sites (tertiary alicyclic amines) is 1. The lowest BCUT2D eigenvalue weighted by Crippen LogP contribution is -2.27. The standard InChI is InChI=1S/C21H29NO2S/c1-16(2)24-19-11-10-17(14-20(19)23-3)15-22-12-6-4-5-8-18(22)21-9-7-13-25-21/h7,9-11,13-14,16,18H,4-6,8,12,15H2,1-3H3. The van der Waals surface area contributed by atoms with Crippen molar-refractivity contribution in [2.24, 2.45) is 0 Å². The number of hydrogen-bond donors (Lipinski definition) is 0. The largest absolute Gasteiger partial charge is 0.493 e. The lowest BCUT2D eigenvalue weighted by atomic mass is 10.1. The Hall–Kier alpha value is -1.52. The van der Waals surface area contributed by atoms with Crippen molar-refractivity contribution >= 4 is 11.3 Å². The van der Waals surface area contributed by atoms with Crippen LogP contribution in [0.25, 0.3) is 0 Å². The van der Waals surface area contributed by atoms with Gasteiger partial charge in [0.1, 0.15) is 0 Å². The first-order valence-corrected chi connectivity index (χ1v) is 10.2. The molecule has 0 radical (unpaired) electrons. The van der Waals surface area contributed by atoms with Crippen LogP contribution in [0.5, 0.6) is 11.5 Å². The van der Waals surface area contributed by atoms with E-state index in [1.54, 1.807) is 7.11 Å². The first-order valence-electron chi connectivity index (χ1n) is 9.28. The highest BCUT2D eigenvalue weighted by molar-refractivity contribution is 7.10. The molecule has 1 aromatic carbocycles. The van der Waals surface area contributed by atoms with E-state index in [4.69, 9.17) is 9.47 Å². The zero-order valence-electron chi connectivity index (χ0n) is 15.5. The van der Waals surface area contributed by atoms with Crippen LogP contribution in [0.4, 0.5) is 0 Å². The third-order valence-corrected chi connectivity index (χ3v) is 5.69. The Labute approximate surface area is 155 Å². The molecule has 3 nitrogen and oxygen atoms in total. The van der Waals surface area contributed by atoms with Crippen LogP contribution in [0.1, 0.15) is 56.0 Å². The van der Waals surface area contributed by atoms with Gasteiger partial charge in [-0.25, -0.2) is 0 Å². The summed E-state index contributed by atoms with van der Waals surface area (Å²) in [6.07, 6.45) is 5.35. The molecule has 1 aliphatic heterocycles. The van der Waals surface area contributed by atoms with Crippen LogP contribution in [0, 0.1) is 0 Å². The van der Waals surface area contributed by atoms with Gasteiger partial charge in [0.2, 0.25) is 0 Å². The fraction of sp³-hybridized carbons (Fsp3) is 0.524. The van der Waals surface area contributed by atoms with Gasteiger partial charge >= 0.3 is 0 Å². The average molecular weight is 360 g/mol. The van der Waals surface area contributed by atoms with Crippen molar-refractivity contribution in [3.8, 4) is 11.5 Å². The van der Waals surface area contributed by atoms with E-state index in [0.29, 0.717) is 6.04 Å². The smallest absolute Gasteiger partial charge is 0.161 e. The third-order valence-electron chi connectivity index (χ3n) is 4.71. The van der Waals surface area contributed by atoms with Crippen LogP contribution < -0.4 is 9.47 Å². The molecule has 25 heavy (non-hydrogen) atoms. The number of rotatable bonds is 6. The van der Waals surface area contributed by atoms with Crippen LogP contribution >= 0.6 is 11.3 Å². The van der Waals surface area contributed by atoms with E-state index in [0.717, 1.165) is 24.6 Å². The molecule has 0 aliphatic carbocycles. The Balaban J connectivity index is 1.79. The Bertz CT molecular complexity index is 654. The predicted molar refractivity (Wildman–Crippen MR) is 105 cm³/mol. The molecular weight excluding hydrogens is 330 g/mol. The number of benzene rings is 1. The van der Waals surface area contributed by atoms with Crippen LogP contribution in [-0.2, 0) is 6.54 Å². The summed E-state index contributed by atoms with van der Waals surface area (Å²) in [6.45, 7) is 6.20.